The van der Waals surface area contributed by atoms with Crippen LogP contribution in [-0.4, -0.2) is 28.8 Å². The first kappa shape index (κ1) is 22.4. The maximum absolute atomic E-state index is 13.4. The van der Waals surface area contributed by atoms with Crippen molar-refractivity contribution in [3.8, 4) is 0 Å². The van der Waals surface area contributed by atoms with Crippen molar-refractivity contribution >= 4 is 46.0 Å². The number of hydrogen-bond donors (Lipinski definition) is 1. The third-order valence-corrected chi connectivity index (χ3v) is 5.13. The molecule has 0 aromatic heterocycles. The van der Waals surface area contributed by atoms with Gasteiger partial charge in [0.2, 0.25) is 5.91 Å². The van der Waals surface area contributed by atoms with Crippen LogP contribution in [-0.2, 0) is 4.79 Å². The molecular weight excluding hydrogens is 487 g/mol. The van der Waals surface area contributed by atoms with Crippen LogP contribution in [0.25, 0.3) is 0 Å². The van der Waals surface area contributed by atoms with E-state index in [1.165, 1.54) is 4.90 Å². The first-order valence-electron chi connectivity index (χ1n) is 8.88. The Hall–Kier alpha value is -1.86. The standard InChI is InChI=1S/C22H24ClIN2O2/c1-5-14-26(21(28)17-8-6-7-9-18(17)24)19(20(27)25-22(2,3)4)15-10-12-16(23)13-11-15/h5-13,19H,1,14H2,2-4H3,(H,25,27). The Morgan fingerprint density at radius 3 is 2.32 bits per heavy atom. The van der Waals surface area contributed by atoms with Crippen LogP contribution in [0.5, 0.6) is 0 Å². The van der Waals surface area contributed by atoms with E-state index in [9.17, 15) is 9.59 Å². The van der Waals surface area contributed by atoms with Gasteiger partial charge in [-0.2, -0.15) is 0 Å². The van der Waals surface area contributed by atoms with Gasteiger partial charge < -0.3 is 10.2 Å². The minimum Gasteiger partial charge on any atom is -0.349 e. The summed E-state index contributed by atoms with van der Waals surface area (Å²) < 4.78 is 0.824. The first-order chi connectivity index (χ1) is 13.1. The van der Waals surface area contributed by atoms with Crippen molar-refractivity contribution in [2.75, 3.05) is 6.54 Å². The summed E-state index contributed by atoms with van der Waals surface area (Å²) in [6, 6.07) is 13.5. The van der Waals surface area contributed by atoms with Crippen LogP contribution in [0.2, 0.25) is 5.02 Å². The minimum absolute atomic E-state index is 0.228. The van der Waals surface area contributed by atoms with E-state index in [2.05, 4.69) is 34.5 Å². The number of amides is 2. The molecule has 0 saturated heterocycles. The molecule has 0 aliphatic carbocycles. The fraction of sp³-hybridized carbons (Fsp3) is 0.273. The Morgan fingerprint density at radius 1 is 1.18 bits per heavy atom. The minimum atomic E-state index is -0.807. The predicted octanol–water partition coefficient (Wildman–Crippen LogP) is 5.23. The van der Waals surface area contributed by atoms with E-state index in [0.717, 1.165) is 3.57 Å². The lowest BCUT2D eigenvalue weighted by Gasteiger charge is -2.33. The average molecular weight is 511 g/mol. The highest BCUT2D eigenvalue weighted by Crippen LogP contribution is 2.27. The van der Waals surface area contributed by atoms with Crippen LogP contribution in [0.15, 0.2) is 61.2 Å². The summed E-state index contributed by atoms with van der Waals surface area (Å²) in [6.07, 6.45) is 1.63. The molecule has 0 fully saturated rings. The van der Waals surface area contributed by atoms with Crippen LogP contribution in [0.1, 0.15) is 42.7 Å². The fourth-order valence-electron chi connectivity index (χ4n) is 2.79. The Bertz CT molecular complexity index is 860. The summed E-state index contributed by atoms with van der Waals surface area (Å²) in [5.74, 6) is -0.482. The van der Waals surface area contributed by atoms with Crippen LogP contribution in [0.3, 0.4) is 0 Å². The maximum Gasteiger partial charge on any atom is 0.256 e. The quantitative estimate of drug-likeness (QED) is 0.427. The highest BCUT2D eigenvalue weighted by molar-refractivity contribution is 14.1. The molecule has 1 atom stereocenters. The van der Waals surface area contributed by atoms with E-state index in [4.69, 9.17) is 11.6 Å². The van der Waals surface area contributed by atoms with Crippen LogP contribution >= 0.6 is 34.2 Å². The second-order valence-electron chi connectivity index (χ2n) is 7.42. The normalized spacial score (nSPS) is 12.2. The number of benzene rings is 2. The van der Waals surface area contributed by atoms with Crippen molar-refractivity contribution in [2.24, 2.45) is 0 Å². The molecule has 0 saturated carbocycles. The molecule has 0 spiro atoms. The number of hydrogen-bond acceptors (Lipinski definition) is 2. The van der Waals surface area contributed by atoms with Gasteiger partial charge in [-0.25, -0.2) is 0 Å². The summed E-state index contributed by atoms with van der Waals surface area (Å²) in [6.45, 7) is 9.72. The van der Waals surface area contributed by atoms with Gasteiger partial charge in [-0.15, -0.1) is 6.58 Å². The molecule has 2 aromatic carbocycles. The first-order valence-corrected chi connectivity index (χ1v) is 10.3. The van der Waals surface area contributed by atoms with E-state index in [0.29, 0.717) is 16.1 Å². The lowest BCUT2D eigenvalue weighted by molar-refractivity contribution is -0.127. The third kappa shape index (κ3) is 5.82. The zero-order valence-electron chi connectivity index (χ0n) is 16.2. The SMILES string of the molecule is C=CCN(C(=O)c1ccccc1I)C(C(=O)NC(C)(C)C)c1ccc(Cl)cc1. The molecule has 2 amide bonds. The number of rotatable bonds is 6. The number of carbonyl (C=O) groups excluding carboxylic acids is 2. The van der Waals surface area contributed by atoms with Gasteiger partial charge in [-0.1, -0.05) is 41.9 Å². The Morgan fingerprint density at radius 2 is 1.79 bits per heavy atom. The molecule has 1 unspecified atom stereocenters. The Kier molecular flexibility index (Phi) is 7.66. The molecule has 0 heterocycles. The summed E-state index contributed by atoms with van der Waals surface area (Å²) in [5, 5.41) is 3.56. The lowest BCUT2D eigenvalue weighted by Crippen LogP contribution is -2.49. The fourth-order valence-corrected chi connectivity index (χ4v) is 3.53. The highest BCUT2D eigenvalue weighted by Gasteiger charge is 2.33. The van der Waals surface area contributed by atoms with Crippen molar-refractivity contribution in [3.05, 3.63) is 80.9 Å². The Labute approximate surface area is 185 Å². The number of halogens is 2. The van der Waals surface area contributed by atoms with Crippen LogP contribution < -0.4 is 5.32 Å². The van der Waals surface area contributed by atoms with Gasteiger partial charge in [0.05, 0.1) is 5.56 Å². The average Bonchev–Trinajstić information content (AvgIpc) is 2.61. The van der Waals surface area contributed by atoms with Gasteiger partial charge >= 0.3 is 0 Å². The number of nitrogens with one attached hydrogen (secondary N) is 1. The van der Waals surface area contributed by atoms with E-state index >= 15 is 0 Å². The van der Waals surface area contributed by atoms with Crippen molar-refractivity contribution in [1.29, 1.82) is 0 Å². The monoisotopic (exact) mass is 510 g/mol. The molecule has 1 N–H and O–H groups in total. The molecule has 0 aliphatic rings. The van der Waals surface area contributed by atoms with Gasteiger partial charge in [-0.3, -0.25) is 9.59 Å². The van der Waals surface area contributed by atoms with Crippen LogP contribution in [0, 0.1) is 3.57 Å². The number of carbonyl (C=O) groups is 2. The molecule has 4 nitrogen and oxygen atoms in total. The smallest absolute Gasteiger partial charge is 0.256 e. The van der Waals surface area contributed by atoms with Gasteiger partial charge in [0, 0.05) is 20.7 Å². The molecule has 6 heteroatoms. The zero-order valence-corrected chi connectivity index (χ0v) is 19.1. The summed E-state index contributed by atoms with van der Waals surface area (Å²) in [7, 11) is 0. The van der Waals surface area contributed by atoms with Crippen molar-refractivity contribution < 1.29 is 9.59 Å². The summed E-state index contributed by atoms with van der Waals surface area (Å²) >= 11 is 8.15. The largest absolute Gasteiger partial charge is 0.349 e. The molecule has 0 bridgehead atoms. The van der Waals surface area contributed by atoms with Crippen molar-refractivity contribution in [3.63, 3.8) is 0 Å². The van der Waals surface area contributed by atoms with Crippen LogP contribution in [0.4, 0.5) is 0 Å². The molecule has 148 valence electrons. The highest BCUT2D eigenvalue weighted by atomic mass is 127. The predicted molar refractivity (Wildman–Crippen MR) is 122 cm³/mol. The summed E-state index contributed by atoms with van der Waals surface area (Å²) in [5.41, 5.74) is 0.797. The zero-order chi connectivity index (χ0) is 20.9. The van der Waals surface area contributed by atoms with Crippen molar-refractivity contribution in [1.82, 2.24) is 10.2 Å². The second-order valence-corrected chi connectivity index (χ2v) is 9.02. The van der Waals surface area contributed by atoms with Crippen molar-refractivity contribution in [2.45, 2.75) is 32.4 Å². The molecule has 2 aromatic rings. The van der Waals surface area contributed by atoms with E-state index in [-0.39, 0.29) is 18.4 Å². The maximum atomic E-state index is 13.4. The molecule has 0 radical (unpaired) electrons. The third-order valence-electron chi connectivity index (χ3n) is 3.93. The topological polar surface area (TPSA) is 49.4 Å². The van der Waals surface area contributed by atoms with Gasteiger partial charge in [0.1, 0.15) is 6.04 Å². The summed E-state index contributed by atoms with van der Waals surface area (Å²) in [4.78, 5) is 28.1. The van der Waals surface area contributed by atoms with E-state index < -0.39 is 11.6 Å². The molecule has 28 heavy (non-hydrogen) atoms. The molecular formula is C22H24ClIN2O2. The Balaban J connectivity index is 2.54. The van der Waals surface area contributed by atoms with E-state index in [1.807, 2.05) is 39.0 Å². The van der Waals surface area contributed by atoms with Gasteiger partial charge in [-0.05, 0) is 73.2 Å². The van der Waals surface area contributed by atoms with E-state index in [1.54, 1.807) is 36.4 Å². The molecule has 0 aliphatic heterocycles. The van der Waals surface area contributed by atoms with Gasteiger partial charge in [0.25, 0.3) is 5.91 Å². The number of nitrogens with zero attached hydrogens (tertiary/aromatic N) is 1. The molecule has 2 rings (SSSR count). The second kappa shape index (κ2) is 9.56. The lowest BCUT2D eigenvalue weighted by atomic mass is 10.0. The van der Waals surface area contributed by atoms with Gasteiger partial charge in [0.15, 0.2) is 0 Å².